The Balaban J connectivity index is 0.00000274. The molecule has 0 fully saturated rings. The van der Waals surface area contributed by atoms with Crippen LogP contribution in [0.25, 0.3) is 5.70 Å². The molecule has 1 amide bonds. The third-order valence-corrected chi connectivity index (χ3v) is 5.77. The first-order chi connectivity index (χ1) is 16.0. The molecule has 1 aliphatic heterocycles. The lowest BCUT2D eigenvalue weighted by Gasteiger charge is -2.24. The van der Waals surface area contributed by atoms with E-state index in [-0.39, 0.29) is 24.4 Å². The van der Waals surface area contributed by atoms with Crippen LogP contribution < -0.4 is 10.6 Å². The number of aromatic nitrogens is 3. The Bertz CT molecular complexity index is 1370. The first-order valence-electron chi connectivity index (χ1n) is 10.0. The lowest BCUT2D eigenvalue weighted by molar-refractivity contribution is 0.102. The summed E-state index contributed by atoms with van der Waals surface area (Å²) >= 11 is 12.5. The Labute approximate surface area is 210 Å². The monoisotopic (exact) mass is 515 g/mol. The maximum atomic E-state index is 13.2. The number of nitrogens with one attached hydrogen (secondary N) is 2. The maximum Gasteiger partial charge on any atom is 0.258 e. The summed E-state index contributed by atoms with van der Waals surface area (Å²) in [5.74, 6) is -0.329. The van der Waals surface area contributed by atoms with Gasteiger partial charge >= 0.3 is 0 Å². The van der Waals surface area contributed by atoms with E-state index in [2.05, 4.69) is 20.7 Å². The Morgan fingerprint density at radius 3 is 2.41 bits per heavy atom. The predicted molar refractivity (Wildman–Crippen MR) is 134 cm³/mol. The number of hydrogen-bond acceptors (Lipinski definition) is 4. The second-order valence-electron chi connectivity index (χ2n) is 7.34. The van der Waals surface area contributed by atoms with Gasteiger partial charge in [-0.15, -0.1) is 17.5 Å². The van der Waals surface area contributed by atoms with Crippen LogP contribution in [0.2, 0.25) is 10.0 Å². The van der Waals surface area contributed by atoms with Crippen molar-refractivity contribution in [3.63, 3.8) is 0 Å². The van der Waals surface area contributed by atoms with Gasteiger partial charge in [-0.25, -0.2) is 9.07 Å². The molecular weight excluding hydrogens is 500 g/mol. The van der Waals surface area contributed by atoms with Gasteiger partial charge in [-0.2, -0.15) is 4.98 Å². The lowest BCUT2D eigenvalue weighted by atomic mass is 10.0. The molecule has 2 heterocycles. The van der Waals surface area contributed by atoms with E-state index in [1.807, 2.05) is 42.5 Å². The molecule has 2 N–H and O–H groups in total. The Morgan fingerprint density at radius 1 is 1.00 bits per heavy atom. The molecule has 1 atom stereocenters. The first-order valence-corrected chi connectivity index (χ1v) is 10.8. The molecule has 0 spiro atoms. The lowest BCUT2D eigenvalue weighted by Crippen LogP contribution is -2.20. The third kappa shape index (κ3) is 4.77. The highest BCUT2D eigenvalue weighted by Crippen LogP contribution is 2.36. The molecule has 3 aromatic carbocycles. The Kier molecular flexibility index (Phi) is 6.88. The molecule has 10 heteroatoms. The van der Waals surface area contributed by atoms with Gasteiger partial charge in [0.15, 0.2) is 0 Å². The van der Waals surface area contributed by atoms with E-state index in [1.54, 1.807) is 16.8 Å². The van der Waals surface area contributed by atoms with Gasteiger partial charge in [-0.05, 0) is 59.7 Å². The van der Waals surface area contributed by atoms with Gasteiger partial charge in [0.1, 0.15) is 11.9 Å². The average Bonchev–Trinajstić information content (AvgIpc) is 3.22. The quantitative estimate of drug-likeness (QED) is 0.327. The standard InChI is InChI=1S/C24H16Cl2FN5O.ClH/c25-16-9-5-14(6-10-16)20-13-21(18-3-1-2-4-19(18)26)32-24(28-20)30-23(31-32)29-22(33)15-7-11-17(27)12-8-15;/h1-13,21H,(H2,28,29,30,31,33);1H. The van der Waals surface area contributed by atoms with Crippen LogP contribution >= 0.6 is 35.6 Å². The second-order valence-corrected chi connectivity index (χ2v) is 8.19. The largest absolute Gasteiger partial charge is 0.324 e. The van der Waals surface area contributed by atoms with E-state index in [9.17, 15) is 9.18 Å². The molecule has 0 bridgehead atoms. The number of allylic oxidation sites excluding steroid dienone is 1. The predicted octanol–water partition coefficient (Wildman–Crippen LogP) is 6.45. The summed E-state index contributed by atoms with van der Waals surface area (Å²) in [7, 11) is 0. The topological polar surface area (TPSA) is 71.8 Å². The van der Waals surface area contributed by atoms with E-state index < -0.39 is 11.7 Å². The van der Waals surface area contributed by atoms with E-state index in [0.717, 1.165) is 16.8 Å². The van der Waals surface area contributed by atoms with E-state index in [0.29, 0.717) is 21.6 Å². The van der Waals surface area contributed by atoms with Crippen LogP contribution in [-0.4, -0.2) is 20.7 Å². The van der Waals surface area contributed by atoms with Crippen molar-refractivity contribution < 1.29 is 9.18 Å². The number of carbonyl (C=O) groups is 1. The number of halogens is 4. The van der Waals surface area contributed by atoms with E-state index in [1.165, 1.54) is 24.3 Å². The zero-order chi connectivity index (χ0) is 22.9. The molecule has 1 aromatic heterocycles. The fourth-order valence-corrected chi connectivity index (χ4v) is 3.93. The van der Waals surface area contributed by atoms with Crippen molar-refractivity contribution >= 4 is 59.1 Å². The molecule has 6 nitrogen and oxygen atoms in total. The second kappa shape index (κ2) is 9.85. The SMILES string of the molecule is Cl.O=C(Nc1nc2n(n1)C(c1ccccc1Cl)C=C(c1ccc(Cl)cc1)N2)c1ccc(F)cc1. The summed E-state index contributed by atoms with van der Waals surface area (Å²) in [6.45, 7) is 0. The molecule has 0 saturated heterocycles. The molecule has 4 aromatic rings. The van der Waals surface area contributed by atoms with Gasteiger partial charge in [0, 0.05) is 21.3 Å². The van der Waals surface area contributed by atoms with Crippen molar-refractivity contribution in [1.82, 2.24) is 14.8 Å². The van der Waals surface area contributed by atoms with Crippen LogP contribution in [0.1, 0.15) is 27.5 Å². The normalized spacial score (nSPS) is 14.3. The highest BCUT2D eigenvalue weighted by atomic mass is 35.5. The molecular formula is C24H17Cl3FN5O. The van der Waals surface area contributed by atoms with Crippen molar-refractivity contribution in [2.45, 2.75) is 6.04 Å². The van der Waals surface area contributed by atoms with Crippen LogP contribution in [0.15, 0.2) is 78.9 Å². The summed E-state index contributed by atoms with van der Waals surface area (Å²) in [6, 6.07) is 19.7. The number of amides is 1. The summed E-state index contributed by atoms with van der Waals surface area (Å²) < 4.78 is 14.8. The van der Waals surface area contributed by atoms with Gasteiger partial charge < -0.3 is 5.32 Å². The molecule has 0 aliphatic carbocycles. The zero-order valence-electron chi connectivity index (χ0n) is 17.4. The number of nitrogens with zero attached hydrogens (tertiary/aromatic N) is 3. The van der Waals surface area contributed by atoms with Gasteiger partial charge in [0.2, 0.25) is 5.95 Å². The summed E-state index contributed by atoms with van der Waals surface area (Å²) in [6.07, 6.45) is 1.98. The van der Waals surface area contributed by atoms with Crippen molar-refractivity contribution in [1.29, 1.82) is 0 Å². The van der Waals surface area contributed by atoms with Gasteiger partial charge in [-0.1, -0.05) is 53.5 Å². The molecule has 1 aliphatic rings. The van der Waals surface area contributed by atoms with E-state index in [4.69, 9.17) is 23.2 Å². The first kappa shape index (κ1) is 23.8. The molecule has 0 saturated carbocycles. The number of hydrogen-bond donors (Lipinski definition) is 2. The fourth-order valence-electron chi connectivity index (χ4n) is 3.56. The molecule has 5 rings (SSSR count). The highest BCUT2D eigenvalue weighted by molar-refractivity contribution is 6.31. The number of anilines is 2. The summed E-state index contributed by atoms with van der Waals surface area (Å²) in [5.41, 5.74) is 2.82. The summed E-state index contributed by atoms with van der Waals surface area (Å²) in [4.78, 5) is 17.0. The zero-order valence-corrected chi connectivity index (χ0v) is 19.7. The number of benzene rings is 3. The Hall–Kier alpha value is -3.39. The maximum absolute atomic E-state index is 13.2. The minimum absolute atomic E-state index is 0. The highest BCUT2D eigenvalue weighted by Gasteiger charge is 2.27. The van der Waals surface area contributed by atoms with Crippen LogP contribution in [0.5, 0.6) is 0 Å². The number of carbonyl (C=O) groups excluding carboxylic acids is 1. The van der Waals surface area contributed by atoms with Crippen LogP contribution in [0, 0.1) is 5.82 Å². The van der Waals surface area contributed by atoms with Crippen molar-refractivity contribution in [2.75, 3.05) is 10.6 Å². The average molecular weight is 517 g/mol. The van der Waals surface area contributed by atoms with Crippen molar-refractivity contribution in [3.05, 3.63) is 111 Å². The number of rotatable bonds is 4. The summed E-state index contributed by atoms with van der Waals surface area (Å²) in [5, 5.41) is 11.6. The number of fused-ring (bicyclic) bond motifs is 1. The van der Waals surface area contributed by atoms with Crippen LogP contribution in [0.4, 0.5) is 16.3 Å². The molecule has 34 heavy (non-hydrogen) atoms. The third-order valence-electron chi connectivity index (χ3n) is 5.18. The van der Waals surface area contributed by atoms with Crippen LogP contribution in [0.3, 0.4) is 0 Å². The van der Waals surface area contributed by atoms with Gasteiger partial charge in [0.05, 0.1) is 0 Å². The molecule has 1 unspecified atom stereocenters. The van der Waals surface area contributed by atoms with Gasteiger partial charge in [0.25, 0.3) is 11.9 Å². The minimum Gasteiger partial charge on any atom is -0.324 e. The van der Waals surface area contributed by atoms with E-state index >= 15 is 0 Å². The smallest absolute Gasteiger partial charge is 0.258 e. The molecule has 172 valence electrons. The van der Waals surface area contributed by atoms with Crippen LogP contribution in [-0.2, 0) is 0 Å². The molecule has 0 radical (unpaired) electrons. The Morgan fingerprint density at radius 2 is 1.71 bits per heavy atom. The van der Waals surface area contributed by atoms with Crippen molar-refractivity contribution in [3.8, 4) is 0 Å². The minimum atomic E-state index is -0.446. The van der Waals surface area contributed by atoms with Crippen molar-refractivity contribution in [2.24, 2.45) is 0 Å². The van der Waals surface area contributed by atoms with Gasteiger partial charge in [-0.3, -0.25) is 10.1 Å². The fraction of sp³-hybridized carbons (Fsp3) is 0.0417.